The zero-order valence-corrected chi connectivity index (χ0v) is 22.0. The Kier molecular flexibility index (Phi) is 8.39. The average Bonchev–Trinajstić information content (AvgIpc) is 3.29. The van der Waals surface area contributed by atoms with Crippen molar-refractivity contribution in [3.8, 4) is 0 Å². The van der Waals surface area contributed by atoms with Gasteiger partial charge in [-0.05, 0) is 44.6 Å². The van der Waals surface area contributed by atoms with Crippen molar-refractivity contribution < 1.29 is 14.6 Å². The predicted octanol–water partition coefficient (Wildman–Crippen LogP) is 1.33. The van der Waals surface area contributed by atoms with Gasteiger partial charge in [-0.3, -0.25) is 14.6 Å². The average molecular weight is 512 g/mol. The van der Waals surface area contributed by atoms with Crippen LogP contribution in [0.25, 0.3) is 0 Å². The van der Waals surface area contributed by atoms with Crippen molar-refractivity contribution in [1.82, 2.24) is 30.4 Å². The number of nitrogens with one attached hydrogen (secondary N) is 3. The van der Waals surface area contributed by atoms with Gasteiger partial charge in [0.15, 0.2) is 0 Å². The number of anilines is 1. The molecule has 1 amide bonds. The molecule has 0 aromatic carbocycles. The van der Waals surface area contributed by atoms with Crippen LogP contribution in [0.5, 0.6) is 0 Å². The summed E-state index contributed by atoms with van der Waals surface area (Å²) in [7, 11) is 1.73. The lowest BCUT2D eigenvalue weighted by Gasteiger charge is -2.35. The van der Waals surface area contributed by atoms with Gasteiger partial charge in [0.1, 0.15) is 24.1 Å². The molecule has 4 atom stereocenters. The molecule has 1 aromatic heterocycles. The summed E-state index contributed by atoms with van der Waals surface area (Å²) in [5.41, 5.74) is 3.18. The number of hydrogen-bond donors (Lipinski definition) is 4. The monoisotopic (exact) mass is 511 g/mol. The van der Waals surface area contributed by atoms with Crippen LogP contribution in [0, 0.1) is 5.92 Å². The standard InChI is InChI=1S/C27H41N7O3/c1-18(37-2)34-11-7-19(8-12-34)31-26-13-24(29-17-30-26)27(36)28-14-20(35)15-33-10-9-22-21-5-3-4-6-23(21)32-25(22)16-33/h3,5,13,17-21,23,32,35H,4,6-12,14-16H2,1-2H3,(H,28,36)(H,29,30,31). The van der Waals surface area contributed by atoms with E-state index in [0.29, 0.717) is 36.1 Å². The highest BCUT2D eigenvalue weighted by molar-refractivity contribution is 5.92. The number of ether oxygens (including phenoxy) is 1. The molecule has 1 aliphatic carbocycles. The van der Waals surface area contributed by atoms with Gasteiger partial charge < -0.3 is 25.8 Å². The number of aliphatic hydroxyl groups is 1. The Bertz CT molecular complexity index is 1010. The molecule has 1 aromatic rings. The van der Waals surface area contributed by atoms with E-state index in [0.717, 1.165) is 51.9 Å². The maximum atomic E-state index is 12.7. The second-order valence-corrected chi connectivity index (χ2v) is 10.7. The summed E-state index contributed by atoms with van der Waals surface area (Å²) in [5, 5.41) is 20.6. The zero-order chi connectivity index (χ0) is 25.8. The molecular formula is C27H41N7O3. The summed E-state index contributed by atoms with van der Waals surface area (Å²) in [4.78, 5) is 25.8. The van der Waals surface area contributed by atoms with Crippen molar-refractivity contribution in [3.63, 3.8) is 0 Å². The second-order valence-electron chi connectivity index (χ2n) is 10.7. The van der Waals surface area contributed by atoms with Crippen molar-refractivity contribution >= 4 is 11.7 Å². The van der Waals surface area contributed by atoms with Gasteiger partial charge in [-0.2, -0.15) is 0 Å². The minimum atomic E-state index is -0.645. The number of aliphatic hydroxyl groups excluding tert-OH is 1. The van der Waals surface area contributed by atoms with Gasteiger partial charge in [0.2, 0.25) is 0 Å². The number of fused-ring (bicyclic) bond motifs is 2. The molecule has 10 heteroatoms. The normalized spacial score (nSPS) is 26.2. The van der Waals surface area contributed by atoms with Crippen LogP contribution in [0.1, 0.15) is 49.5 Å². The Morgan fingerprint density at radius 2 is 2.11 bits per heavy atom. The number of hydrogen-bond acceptors (Lipinski definition) is 9. The van der Waals surface area contributed by atoms with E-state index in [9.17, 15) is 9.90 Å². The van der Waals surface area contributed by atoms with Crippen LogP contribution in [-0.2, 0) is 4.74 Å². The Morgan fingerprint density at radius 3 is 2.92 bits per heavy atom. The van der Waals surface area contributed by atoms with E-state index in [2.05, 4.69) is 54.8 Å². The molecule has 37 heavy (non-hydrogen) atoms. The summed E-state index contributed by atoms with van der Waals surface area (Å²) in [6.45, 7) is 6.46. The number of carbonyl (C=O) groups is 1. The highest BCUT2D eigenvalue weighted by atomic mass is 16.5. The molecule has 4 N–H and O–H groups in total. The summed E-state index contributed by atoms with van der Waals surface area (Å²) >= 11 is 0. The summed E-state index contributed by atoms with van der Waals surface area (Å²) in [6, 6.07) is 2.52. The molecule has 10 nitrogen and oxygen atoms in total. The largest absolute Gasteiger partial charge is 0.390 e. The first-order valence-electron chi connectivity index (χ1n) is 13.7. The van der Waals surface area contributed by atoms with Crippen LogP contribution in [0.15, 0.2) is 35.8 Å². The molecule has 0 spiro atoms. The molecule has 3 aliphatic heterocycles. The molecule has 0 radical (unpaired) electrons. The maximum absolute atomic E-state index is 12.7. The molecule has 1 saturated heterocycles. The van der Waals surface area contributed by atoms with Gasteiger partial charge in [0.05, 0.1) is 6.10 Å². The van der Waals surface area contributed by atoms with Crippen molar-refractivity contribution in [2.75, 3.05) is 51.7 Å². The number of β-amino-alcohol motifs (C(OH)–C–C–N with tert-alkyl or cyclic N) is 1. The van der Waals surface area contributed by atoms with Crippen molar-refractivity contribution in [2.24, 2.45) is 5.92 Å². The van der Waals surface area contributed by atoms with E-state index in [4.69, 9.17) is 4.74 Å². The molecular weight excluding hydrogens is 470 g/mol. The fraction of sp³-hybridized carbons (Fsp3) is 0.667. The molecule has 202 valence electrons. The number of aromatic nitrogens is 2. The van der Waals surface area contributed by atoms with Gasteiger partial charge in [0.25, 0.3) is 5.91 Å². The minimum Gasteiger partial charge on any atom is -0.390 e. The first-order valence-corrected chi connectivity index (χ1v) is 13.7. The fourth-order valence-corrected chi connectivity index (χ4v) is 6.06. The fourth-order valence-electron chi connectivity index (χ4n) is 6.06. The number of carbonyl (C=O) groups excluding carboxylic acids is 1. The van der Waals surface area contributed by atoms with Crippen molar-refractivity contribution in [3.05, 3.63) is 41.5 Å². The lowest BCUT2D eigenvalue weighted by atomic mass is 9.85. The van der Waals surface area contributed by atoms with E-state index in [-0.39, 0.29) is 18.7 Å². The number of piperidine rings is 1. The highest BCUT2D eigenvalue weighted by Crippen LogP contribution is 2.37. The zero-order valence-electron chi connectivity index (χ0n) is 22.0. The third kappa shape index (κ3) is 6.31. The van der Waals surface area contributed by atoms with Gasteiger partial charge in [0, 0.05) is 76.1 Å². The number of amides is 1. The predicted molar refractivity (Wildman–Crippen MR) is 142 cm³/mol. The topological polar surface area (TPSA) is 115 Å². The Morgan fingerprint density at radius 1 is 1.27 bits per heavy atom. The van der Waals surface area contributed by atoms with Gasteiger partial charge in [-0.15, -0.1) is 0 Å². The third-order valence-electron chi connectivity index (χ3n) is 8.25. The summed E-state index contributed by atoms with van der Waals surface area (Å²) < 4.78 is 5.42. The van der Waals surface area contributed by atoms with E-state index in [1.807, 2.05) is 0 Å². The van der Waals surface area contributed by atoms with Crippen LogP contribution < -0.4 is 16.0 Å². The van der Waals surface area contributed by atoms with Crippen LogP contribution in [0.3, 0.4) is 0 Å². The Labute approximate surface area is 219 Å². The number of nitrogens with zero attached hydrogens (tertiary/aromatic N) is 4. The Hall–Kier alpha value is -2.53. The molecule has 4 unspecified atom stereocenters. The lowest BCUT2D eigenvalue weighted by molar-refractivity contribution is -0.0292. The molecule has 5 rings (SSSR count). The van der Waals surface area contributed by atoms with Gasteiger partial charge >= 0.3 is 0 Å². The molecule has 4 heterocycles. The van der Waals surface area contributed by atoms with Crippen LogP contribution in [0.4, 0.5) is 5.82 Å². The second kappa shape index (κ2) is 11.9. The molecule has 0 saturated carbocycles. The van der Waals surface area contributed by atoms with E-state index >= 15 is 0 Å². The third-order valence-corrected chi connectivity index (χ3v) is 8.25. The van der Waals surface area contributed by atoms with Crippen molar-refractivity contribution in [2.45, 2.75) is 63.4 Å². The summed E-state index contributed by atoms with van der Waals surface area (Å²) in [5.74, 6) is 0.899. The number of likely N-dealkylation sites (tertiary alicyclic amines) is 1. The lowest BCUT2D eigenvalue weighted by Crippen LogP contribution is -2.44. The smallest absolute Gasteiger partial charge is 0.270 e. The van der Waals surface area contributed by atoms with Crippen LogP contribution in [-0.4, -0.2) is 102 Å². The van der Waals surface area contributed by atoms with E-state index in [1.54, 1.807) is 18.7 Å². The van der Waals surface area contributed by atoms with E-state index < -0.39 is 6.10 Å². The molecule has 4 aliphatic rings. The van der Waals surface area contributed by atoms with Crippen LogP contribution >= 0.6 is 0 Å². The quantitative estimate of drug-likeness (QED) is 0.365. The van der Waals surface area contributed by atoms with Crippen molar-refractivity contribution in [1.29, 1.82) is 0 Å². The highest BCUT2D eigenvalue weighted by Gasteiger charge is 2.36. The van der Waals surface area contributed by atoms with E-state index in [1.165, 1.54) is 18.4 Å². The summed E-state index contributed by atoms with van der Waals surface area (Å²) in [6.07, 6.45) is 10.9. The first kappa shape index (κ1) is 26.1. The molecule has 0 bridgehead atoms. The Balaban J connectivity index is 1.06. The molecule has 1 fully saturated rings. The number of allylic oxidation sites excluding steroid dienone is 1. The van der Waals surface area contributed by atoms with Crippen LogP contribution in [0.2, 0.25) is 0 Å². The first-order chi connectivity index (χ1) is 18.0. The van der Waals surface area contributed by atoms with Gasteiger partial charge in [-0.25, -0.2) is 9.97 Å². The maximum Gasteiger partial charge on any atom is 0.270 e. The number of methoxy groups -OCH3 is 1. The van der Waals surface area contributed by atoms with Gasteiger partial charge in [-0.1, -0.05) is 12.2 Å². The SMILES string of the molecule is COC(C)N1CCC(Nc2cc(C(=O)NCC(O)CN3CCC4=C(C3)NC3CCC=CC43)ncn2)CC1. The number of rotatable bonds is 9. The minimum absolute atomic E-state index is 0.121.